The summed E-state index contributed by atoms with van der Waals surface area (Å²) in [5, 5.41) is 7.82. The zero-order chi connectivity index (χ0) is 29.9. The molecular formula is C29H32F3N7O3. The lowest BCUT2D eigenvalue weighted by Gasteiger charge is -2.37. The molecule has 2 heterocycles. The number of carbonyl (C=O) groups excluding carboxylic acids is 2. The zero-order valence-electron chi connectivity index (χ0n) is 23.2. The van der Waals surface area contributed by atoms with E-state index < -0.39 is 17.8 Å². The Morgan fingerprint density at radius 3 is 2.26 bits per heavy atom. The molecule has 1 saturated heterocycles. The zero-order valence-corrected chi connectivity index (χ0v) is 23.2. The predicted octanol–water partition coefficient (Wildman–Crippen LogP) is 5.81. The molecule has 2 fully saturated rings. The second-order valence-electron chi connectivity index (χ2n) is 10.6. The van der Waals surface area contributed by atoms with Crippen LogP contribution in [0.5, 0.6) is 11.6 Å². The van der Waals surface area contributed by atoms with Crippen molar-refractivity contribution in [3.8, 4) is 11.6 Å². The molecule has 42 heavy (non-hydrogen) atoms. The first-order chi connectivity index (χ1) is 20.0. The Hall–Kier alpha value is -4.39. The fourth-order valence-electron chi connectivity index (χ4n) is 4.79. The summed E-state index contributed by atoms with van der Waals surface area (Å²) in [6.07, 6.45) is -0.0237. The molecule has 1 saturated carbocycles. The summed E-state index contributed by atoms with van der Waals surface area (Å²) in [6, 6.07) is 11.0. The lowest BCUT2D eigenvalue weighted by atomic mass is 10.0. The molecule has 10 nitrogen and oxygen atoms in total. The van der Waals surface area contributed by atoms with E-state index in [9.17, 15) is 22.8 Å². The number of hydrogen-bond donors (Lipinski definition) is 3. The first-order valence-electron chi connectivity index (χ1n) is 13.7. The fourth-order valence-corrected chi connectivity index (χ4v) is 4.79. The van der Waals surface area contributed by atoms with Crippen molar-refractivity contribution in [1.29, 1.82) is 0 Å². The highest BCUT2D eigenvalue weighted by atomic mass is 19.4. The summed E-state index contributed by atoms with van der Waals surface area (Å²) in [6.45, 7) is 1.65. The van der Waals surface area contributed by atoms with Crippen LogP contribution in [0, 0.1) is 5.92 Å². The van der Waals surface area contributed by atoms with Crippen LogP contribution in [-0.4, -0.2) is 60.0 Å². The number of ether oxygens (including phenoxy) is 1. The van der Waals surface area contributed by atoms with Gasteiger partial charge in [0, 0.05) is 42.1 Å². The van der Waals surface area contributed by atoms with Crippen molar-refractivity contribution in [3.05, 3.63) is 60.4 Å². The number of urea groups is 1. The number of hydrogen-bond acceptors (Lipinski definition) is 7. The Labute approximate surface area is 241 Å². The molecular weight excluding hydrogens is 551 g/mol. The minimum Gasteiger partial charge on any atom is -0.439 e. The average Bonchev–Trinajstić information content (AvgIpc) is 3.80. The van der Waals surface area contributed by atoms with Gasteiger partial charge in [-0.25, -0.2) is 14.8 Å². The van der Waals surface area contributed by atoms with E-state index in [0.717, 1.165) is 44.8 Å². The molecule has 3 N–H and O–H groups in total. The van der Waals surface area contributed by atoms with Crippen LogP contribution in [0.15, 0.2) is 54.9 Å². The monoisotopic (exact) mass is 583 g/mol. The van der Waals surface area contributed by atoms with Crippen molar-refractivity contribution < 1.29 is 27.5 Å². The Balaban J connectivity index is 1.19. The number of piperidine rings is 1. The maximum absolute atomic E-state index is 14.0. The molecule has 0 bridgehead atoms. The van der Waals surface area contributed by atoms with Gasteiger partial charge in [0.15, 0.2) is 0 Å². The summed E-state index contributed by atoms with van der Waals surface area (Å²) >= 11 is 0. The highest BCUT2D eigenvalue weighted by Crippen LogP contribution is 2.39. The van der Waals surface area contributed by atoms with Crippen molar-refractivity contribution >= 4 is 34.8 Å². The molecule has 2 aromatic carbocycles. The third-order valence-corrected chi connectivity index (χ3v) is 7.35. The van der Waals surface area contributed by atoms with Crippen LogP contribution in [0.1, 0.15) is 31.2 Å². The SMILES string of the molecule is CN1CCC(N(C)c2ccc(NC(=O)Nc3ccc(Oc4cc(NC(=O)C5CC5)ncn4)cc3)cc2C(F)(F)F)CC1. The van der Waals surface area contributed by atoms with E-state index in [1.807, 2.05) is 7.05 Å². The van der Waals surface area contributed by atoms with Crippen LogP contribution in [-0.2, 0) is 11.0 Å². The molecule has 2 aliphatic rings. The molecule has 0 unspecified atom stereocenters. The number of aromatic nitrogens is 2. The van der Waals surface area contributed by atoms with Gasteiger partial charge in [-0.1, -0.05) is 0 Å². The summed E-state index contributed by atoms with van der Waals surface area (Å²) in [5.74, 6) is 0.919. The number of rotatable bonds is 8. The maximum atomic E-state index is 14.0. The van der Waals surface area contributed by atoms with Crippen LogP contribution in [0.4, 0.5) is 40.8 Å². The molecule has 0 radical (unpaired) electrons. The Bertz CT molecular complexity index is 1420. The Kier molecular flexibility index (Phi) is 8.48. The van der Waals surface area contributed by atoms with Crippen molar-refractivity contribution in [2.45, 2.75) is 37.9 Å². The van der Waals surface area contributed by atoms with Crippen molar-refractivity contribution in [2.75, 3.05) is 48.0 Å². The number of anilines is 4. The number of carbonyl (C=O) groups is 2. The number of likely N-dealkylation sites (tertiary alicyclic amines) is 1. The molecule has 0 spiro atoms. The van der Waals surface area contributed by atoms with Gasteiger partial charge in [0.1, 0.15) is 17.9 Å². The number of amides is 3. The molecule has 0 atom stereocenters. The number of nitrogens with zero attached hydrogens (tertiary/aromatic N) is 4. The second kappa shape index (κ2) is 12.2. The lowest BCUT2D eigenvalue weighted by Crippen LogP contribution is -2.42. The number of halogens is 3. The van der Waals surface area contributed by atoms with E-state index in [4.69, 9.17) is 4.74 Å². The van der Waals surface area contributed by atoms with Gasteiger partial charge in [-0.3, -0.25) is 4.79 Å². The van der Waals surface area contributed by atoms with Crippen LogP contribution < -0.4 is 25.6 Å². The molecule has 1 aromatic heterocycles. The van der Waals surface area contributed by atoms with Gasteiger partial charge in [-0.2, -0.15) is 13.2 Å². The van der Waals surface area contributed by atoms with Crippen molar-refractivity contribution in [3.63, 3.8) is 0 Å². The standard InChI is InChI=1S/C29H32F3N7O3/c1-38-13-11-21(12-14-38)39(2)24-10-7-20(15-23(24)29(30,31)32)36-28(41)35-19-5-8-22(9-6-19)42-26-16-25(33-17-34-26)37-27(40)18-3-4-18/h5-10,15-18,21H,3-4,11-14H2,1-2H3,(H2,35,36,41)(H,33,34,37,40). The molecule has 13 heteroatoms. The van der Waals surface area contributed by atoms with Gasteiger partial charge in [0.2, 0.25) is 11.8 Å². The molecule has 1 aliphatic heterocycles. The van der Waals surface area contributed by atoms with E-state index in [1.54, 1.807) is 36.2 Å². The Morgan fingerprint density at radius 1 is 0.929 bits per heavy atom. The summed E-state index contributed by atoms with van der Waals surface area (Å²) in [7, 11) is 3.68. The van der Waals surface area contributed by atoms with E-state index in [0.29, 0.717) is 17.3 Å². The average molecular weight is 584 g/mol. The van der Waals surface area contributed by atoms with Gasteiger partial charge in [-0.15, -0.1) is 0 Å². The molecule has 3 aromatic rings. The van der Waals surface area contributed by atoms with Crippen molar-refractivity contribution in [1.82, 2.24) is 14.9 Å². The van der Waals surface area contributed by atoms with E-state index in [1.165, 1.54) is 24.5 Å². The molecule has 222 valence electrons. The van der Waals surface area contributed by atoms with Gasteiger partial charge in [0.05, 0.1) is 5.56 Å². The third-order valence-electron chi connectivity index (χ3n) is 7.35. The smallest absolute Gasteiger partial charge is 0.418 e. The van der Waals surface area contributed by atoms with Gasteiger partial charge in [-0.05, 0) is 88.3 Å². The topological polar surface area (TPSA) is 112 Å². The minimum absolute atomic E-state index is 0.000871. The van der Waals surface area contributed by atoms with E-state index in [-0.39, 0.29) is 35.1 Å². The molecule has 5 rings (SSSR count). The second-order valence-corrected chi connectivity index (χ2v) is 10.6. The largest absolute Gasteiger partial charge is 0.439 e. The van der Waals surface area contributed by atoms with Gasteiger partial charge >= 0.3 is 12.2 Å². The maximum Gasteiger partial charge on any atom is 0.418 e. The fraction of sp³-hybridized carbons (Fsp3) is 0.379. The summed E-state index contributed by atoms with van der Waals surface area (Å²) < 4.78 is 47.7. The van der Waals surface area contributed by atoms with Crippen LogP contribution >= 0.6 is 0 Å². The Morgan fingerprint density at radius 2 is 1.60 bits per heavy atom. The highest BCUT2D eigenvalue weighted by Gasteiger charge is 2.36. The first kappa shape index (κ1) is 29.1. The number of nitrogens with one attached hydrogen (secondary N) is 3. The van der Waals surface area contributed by atoms with Crippen LogP contribution in [0.25, 0.3) is 0 Å². The number of benzene rings is 2. The van der Waals surface area contributed by atoms with Crippen LogP contribution in [0.2, 0.25) is 0 Å². The first-order valence-corrected chi connectivity index (χ1v) is 13.7. The predicted molar refractivity (Wildman–Crippen MR) is 153 cm³/mol. The van der Waals surface area contributed by atoms with Crippen molar-refractivity contribution in [2.24, 2.45) is 5.92 Å². The van der Waals surface area contributed by atoms with Gasteiger partial charge < -0.3 is 30.5 Å². The van der Waals surface area contributed by atoms with E-state index >= 15 is 0 Å². The summed E-state index contributed by atoms with van der Waals surface area (Å²) in [5.41, 5.74) is -0.300. The lowest BCUT2D eigenvalue weighted by molar-refractivity contribution is -0.137. The number of alkyl halides is 3. The van der Waals surface area contributed by atoms with Crippen LogP contribution in [0.3, 0.4) is 0 Å². The molecule has 3 amide bonds. The highest BCUT2D eigenvalue weighted by molar-refractivity contribution is 6.00. The third kappa shape index (κ3) is 7.46. The minimum atomic E-state index is -4.59. The normalized spacial score (nSPS) is 16.0. The van der Waals surface area contributed by atoms with E-state index in [2.05, 4.69) is 30.8 Å². The quantitative estimate of drug-likeness (QED) is 0.307. The molecule has 1 aliphatic carbocycles. The summed E-state index contributed by atoms with van der Waals surface area (Å²) in [4.78, 5) is 36.5. The van der Waals surface area contributed by atoms with Gasteiger partial charge in [0.25, 0.3) is 0 Å².